The van der Waals surface area contributed by atoms with Crippen molar-refractivity contribution < 1.29 is 4.79 Å². The minimum Gasteiger partial charge on any atom is -0.359 e. The Morgan fingerprint density at radius 3 is 2.47 bits per heavy atom. The molecule has 3 heteroatoms. The van der Waals surface area contributed by atoms with E-state index in [9.17, 15) is 4.79 Å². The van der Waals surface area contributed by atoms with Gasteiger partial charge in [0.2, 0.25) is 5.91 Å². The van der Waals surface area contributed by atoms with E-state index in [0.717, 1.165) is 19.6 Å². The van der Waals surface area contributed by atoms with Crippen LogP contribution in [0.2, 0.25) is 0 Å². The van der Waals surface area contributed by atoms with E-state index in [4.69, 9.17) is 0 Å². The van der Waals surface area contributed by atoms with Gasteiger partial charge < -0.3 is 10.2 Å². The molecule has 1 aliphatic heterocycles. The molecule has 0 radical (unpaired) electrons. The molecule has 0 unspecified atom stereocenters. The van der Waals surface area contributed by atoms with Crippen LogP contribution in [-0.4, -0.2) is 37.5 Å². The SMILES string of the molecule is CCC1(C)CCN(CCC(=O)NC)CC1. The zero-order valence-corrected chi connectivity index (χ0v) is 10.3. The first kappa shape index (κ1) is 12.5. The van der Waals surface area contributed by atoms with Gasteiger partial charge in [0.05, 0.1) is 0 Å². The quantitative estimate of drug-likeness (QED) is 0.768. The molecule has 1 saturated heterocycles. The number of nitrogens with one attached hydrogen (secondary N) is 1. The Morgan fingerprint density at radius 1 is 1.40 bits per heavy atom. The molecule has 0 saturated carbocycles. The number of carbonyl (C=O) groups is 1. The maximum Gasteiger partial charge on any atom is 0.221 e. The highest BCUT2D eigenvalue weighted by Crippen LogP contribution is 2.33. The van der Waals surface area contributed by atoms with Gasteiger partial charge in [-0.15, -0.1) is 0 Å². The highest BCUT2D eigenvalue weighted by molar-refractivity contribution is 5.75. The molecule has 1 aliphatic rings. The molecule has 0 aromatic heterocycles. The maximum absolute atomic E-state index is 11.1. The summed E-state index contributed by atoms with van der Waals surface area (Å²) in [6, 6.07) is 0. The first-order chi connectivity index (χ1) is 7.09. The minimum atomic E-state index is 0.152. The van der Waals surface area contributed by atoms with E-state index in [1.54, 1.807) is 7.05 Å². The fraction of sp³-hybridized carbons (Fsp3) is 0.917. The number of amides is 1. The second-order valence-corrected chi connectivity index (χ2v) is 4.93. The van der Waals surface area contributed by atoms with Crippen molar-refractivity contribution in [3.05, 3.63) is 0 Å². The van der Waals surface area contributed by atoms with Crippen LogP contribution in [0.25, 0.3) is 0 Å². The third-order valence-corrected chi connectivity index (χ3v) is 3.85. The first-order valence-corrected chi connectivity index (χ1v) is 6.02. The first-order valence-electron chi connectivity index (χ1n) is 6.02. The van der Waals surface area contributed by atoms with E-state index < -0.39 is 0 Å². The third-order valence-electron chi connectivity index (χ3n) is 3.85. The second-order valence-electron chi connectivity index (χ2n) is 4.93. The van der Waals surface area contributed by atoms with Crippen molar-refractivity contribution in [3.63, 3.8) is 0 Å². The number of hydrogen-bond acceptors (Lipinski definition) is 2. The van der Waals surface area contributed by atoms with E-state index in [1.807, 2.05) is 0 Å². The van der Waals surface area contributed by atoms with Crippen LogP contribution in [0.5, 0.6) is 0 Å². The van der Waals surface area contributed by atoms with Crippen molar-refractivity contribution in [1.29, 1.82) is 0 Å². The Hall–Kier alpha value is -0.570. The highest BCUT2D eigenvalue weighted by atomic mass is 16.1. The predicted octanol–water partition coefficient (Wildman–Crippen LogP) is 1.63. The van der Waals surface area contributed by atoms with Crippen molar-refractivity contribution in [2.45, 2.75) is 39.5 Å². The van der Waals surface area contributed by atoms with Crippen LogP contribution in [0.15, 0.2) is 0 Å². The van der Waals surface area contributed by atoms with E-state index in [-0.39, 0.29) is 5.91 Å². The standard InChI is InChI=1S/C12H24N2O/c1-4-12(2)6-9-14(10-7-12)8-5-11(15)13-3/h4-10H2,1-3H3,(H,13,15). The Kier molecular flexibility index (Phi) is 4.58. The molecule has 1 amide bonds. The average molecular weight is 212 g/mol. The van der Waals surface area contributed by atoms with Gasteiger partial charge in [-0.3, -0.25) is 4.79 Å². The molecular formula is C12H24N2O. The fourth-order valence-corrected chi connectivity index (χ4v) is 2.05. The summed E-state index contributed by atoms with van der Waals surface area (Å²) < 4.78 is 0. The Balaban J connectivity index is 2.23. The normalized spacial score (nSPS) is 21.3. The molecule has 15 heavy (non-hydrogen) atoms. The van der Waals surface area contributed by atoms with Crippen LogP contribution >= 0.6 is 0 Å². The van der Waals surface area contributed by atoms with Crippen molar-refractivity contribution in [2.24, 2.45) is 5.41 Å². The van der Waals surface area contributed by atoms with Crippen molar-refractivity contribution >= 4 is 5.91 Å². The lowest BCUT2D eigenvalue weighted by atomic mass is 9.78. The molecule has 3 nitrogen and oxygen atoms in total. The van der Waals surface area contributed by atoms with E-state index >= 15 is 0 Å². The number of nitrogens with zero attached hydrogens (tertiary/aromatic N) is 1. The fourth-order valence-electron chi connectivity index (χ4n) is 2.05. The zero-order valence-electron chi connectivity index (χ0n) is 10.3. The van der Waals surface area contributed by atoms with Gasteiger partial charge in [-0.05, 0) is 31.3 Å². The monoisotopic (exact) mass is 212 g/mol. The van der Waals surface area contributed by atoms with Gasteiger partial charge >= 0.3 is 0 Å². The van der Waals surface area contributed by atoms with Gasteiger partial charge in [-0.1, -0.05) is 20.3 Å². The summed E-state index contributed by atoms with van der Waals surface area (Å²) in [7, 11) is 1.70. The molecule has 1 N–H and O–H groups in total. The smallest absolute Gasteiger partial charge is 0.221 e. The van der Waals surface area contributed by atoms with Gasteiger partial charge in [0.1, 0.15) is 0 Å². The summed E-state index contributed by atoms with van der Waals surface area (Å²) in [6.45, 7) is 7.88. The van der Waals surface area contributed by atoms with Gasteiger partial charge in [0, 0.05) is 20.0 Å². The average Bonchev–Trinajstić information content (AvgIpc) is 2.28. The van der Waals surface area contributed by atoms with Gasteiger partial charge in [-0.25, -0.2) is 0 Å². The summed E-state index contributed by atoms with van der Waals surface area (Å²) >= 11 is 0. The van der Waals surface area contributed by atoms with Crippen LogP contribution in [0.1, 0.15) is 39.5 Å². The molecule has 88 valence electrons. The number of hydrogen-bond donors (Lipinski definition) is 1. The van der Waals surface area contributed by atoms with Crippen LogP contribution in [0.3, 0.4) is 0 Å². The summed E-state index contributed by atoms with van der Waals surface area (Å²) in [4.78, 5) is 13.5. The molecule has 0 bridgehead atoms. The zero-order chi connectivity index (χ0) is 11.3. The molecule has 0 aliphatic carbocycles. The highest BCUT2D eigenvalue weighted by Gasteiger charge is 2.27. The Labute approximate surface area is 93.2 Å². The lowest BCUT2D eigenvalue weighted by Crippen LogP contribution is -2.40. The summed E-state index contributed by atoms with van der Waals surface area (Å²) in [6.07, 6.45) is 4.46. The summed E-state index contributed by atoms with van der Waals surface area (Å²) in [5.41, 5.74) is 0.545. The van der Waals surface area contributed by atoms with E-state index in [2.05, 4.69) is 24.1 Å². The number of rotatable bonds is 4. The Bertz CT molecular complexity index is 208. The van der Waals surface area contributed by atoms with Gasteiger partial charge in [-0.2, -0.15) is 0 Å². The van der Waals surface area contributed by atoms with Crippen molar-refractivity contribution in [1.82, 2.24) is 10.2 Å². The number of carbonyl (C=O) groups excluding carboxylic acids is 1. The summed E-state index contributed by atoms with van der Waals surface area (Å²) in [5.74, 6) is 0.152. The molecule has 1 heterocycles. The van der Waals surface area contributed by atoms with Crippen molar-refractivity contribution in [3.8, 4) is 0 Å². The van der Waals surface area contributed by atoms with Crippen LogP contribution in [-0.2, 0) is 4.79 Å². The van der Waals surface area contributed by atoms with Gasteiger partial charge in [0.15, 0.2) is 0 Å². The predicted molar refractivity (Wildman–Crippen MR) is 62.8 cm³/mol. The Morgan fingerprint density at radius 2 is 2.00 bits per heavy atom. The molecule has 1 rings (SSSR count). The van der Waals surface area contributed by atoms with Gasteiger partial charge in [0.25, 0.3) is 0 Å². The van der Waals surface area contributed by atoms with E-state index in [0.29, 0.717) is 11.8 Å². The maximum atomic E-state index is 11.1. The summed E-state index contributed by atoms with van der Waals surface area (Å²) in [5, 5.41) is 2.67. The lowest BCUT2D eigenvalue weighted by Gasteiger charge is -2.38. The topological polar surface area (TPSA) is 32.3 Å². The second kappa shape index (κ2) is 5.50. The van der Waals surface area contributed by atoms with E-state index in [1.165, 1.54) is 19.3 Å². The van der Waals surface area contributed by atoms with Crippen molar-refractivity contribution in [2.75, 3.05) is 26.7 Å². The molecule has 0 atom stereocenters. The number of piperidine rings is 1. The molecular weight excluding hydrogens is 188 g/mol. The molecule has 0 spiro atoms. The minimum absolute atomic E-state index is 0.152. The van der Waals surface area contributed by atoms with Crippen LogP contribution < -0.4 is 5.32 Å². The molecule has 0 aromatic rings. The largest absolute Gasteiger partial charge is 0.359 e. The van der Waals surface area contributed by atoms with Crippen LogP contribution in [0, 0.1) is 5.41 Å². The number of likely N-dealkylation sites (tertiary alicyclic amines) is 1. The third kappa shape index (κ3) is 3.82. The molecule has 0 aromatic carbocycles. The lowest BCUT2D eigenvalue weighted by molar-refractivity contribution is -0.121. The molecule has 1 fully saturated rings. The van der Waals surface area contributed by atoms with Crippen LogP contribution in [0.4, 0.5) is 0 Å².